The van der Waals surface area contributed by atoms with Gasteiger partial charge in [0.2, 0.25) is 0 Å². The van der Waals surface area contributed by atoms with Crippen LogP contribution >= 0.6 is 11.3 Å². The second-order valence-corrected chi connectivity index (χ2v) is 6.95. The maximum Gasteiger partial charge on any atom is 0.342 e. The molecule has 0 saturated heterocycles. The number of aryl methyl sites for hydroxylation is 2. The van der Waals surface area contributed by atoms with Crippen molar-refractivity contribution in [3.05, 3.63) is 81.2 Å². The molecule has 0 fully saturated rings. The van der Waals surface area contributed by atoms with Gasteiger partial charge in [0.05, 0.1) is 6.04 Å². The van der Waals surface area contributed by atoms with Crippen molar-refractivity contribution in [1.29, 1.82) is 0 Å². The van der Waals surface area contributed by atoms with E-state index in [1.54, 1.807) is 32.0 Å². The summed E-state index contributed by atoms with van der Waals surface area (Å²) in [6.07, 6.45) is 0. The molecular weight excluding hydrogens is 369 g/mol. The van der Waals surface area contributed by atoms with Crippen LogP contribution in [0.5, 0.6) is 0 Å². The summed E-state index contributed by atoms with van der Waals surface area (Å²) in [6, 6.07) is 10.8. The van der Waals surface area contributed by atoms with Crippen molar-refractivity contribution in [2.45, 2.75) is 19.9 Å². The SMILES string of the molecule is Cc1cc(C(=O)OCC(=O)N[C@@H](c2ccc(F)cc2)c2cccs2)c(C)o1. The highest BCUT2D eigenvalue weighted by Crippen LogP contribution is 2.26. The fourth-order valence-corrected chi connectivity index (χ4v) is 3.48. The summed E-state index contributed by atoms with van der Waals surface area (Å²) in [4.78, 5) is 25.3. The zero-order valence-electron chi connectivity index (χ0n) is 14.8. The Morgan fingerprint density at radius 1 is 1.22 bits per heavy atom. The van der Waals surface area contributed by atoms with Gasteiger partial charge in [-0.1, -0.05) is 18.2 Å². The van der Waals surface area contributed by atoms with E-state index >= 15 is 0 Å². The molecule has 5 nitrogen and oxygen atoms in total. The van der Waals surface area contributed by atoms with E-state index in [-0.39, 0.29) is 5.82 Å². The Bertz CT molecular complexity index is 932. The average Bonchev–Trinajstić information content (AvgIpc) is 3.28. The molecule has 2 aromatic heterocycles. The van der Waals surface area contributed by atoms with Gasteiger partial charge in [-0.2, -0.15) is 0 Å². The van der Waals surface area contributed by atoms with E-state index < -0.39 is 24.5 Å². The van der Waals surface area contributed by atoms with E-state index in [2.05, 4.69) is 5.32 Å². The zero-order valence-corrected chi connectivity index (χ0v) is 15.6. The van der Waals surface area contributed by atoms with Gasteiger partial charge in [-0.15, -0.1) is 11.3 Å². The van der Waals surface area contributed by atoms with E-state index in [1.807, 2.05) is 17.5 Å². The van der Waals surface area contributed by atoms with E-state index in [4.69, 9.17) is 9.15 Å². The number of esters is 1. The van der Waals surface area contributed by atoms with Gasteiger partial charge in [-0.25, -0.2) is 9.18 Å². The molecule has 1 N–H and O–H groups in total. The lowest BCUT2D eigenvalue weighted by atomic mass is 10.1. The molecule has 0 saturated carbocycles. The highest BCUT2D eigenvalue weighted by molar-refractivity contribution is 7.10. The number of carbonyl (C=O) groups is 2. The lowest BCUT2D eigenvalue weighted by Crippen LogP contribution is -2.32. The normalized spacial score (nSPS) is 11.8. The summed E-state index contributed by atoms with van der Waals surface area (Å²) >= 11 is 1.47. The first kappa shape index (κ1) is 18.8. The van der Waals surface area contributed by atoms with Crippen molar-refractivity contribution in [3.8, 4) is 0 Å². The summed E-state index contributed by atoms with van der Waals surface area (Å²) < 4.78 is 23.6. The smallest absolute Gasteiger partial charge is 0.342 e. The molecule has 7 heteroatoms. The molecule has 27 heavy (non-hydrogen) atoms. The molecule has 3 aromatic rings. The second-order valence-electron chi connectivity index (χ2n) is 5.97. The van der Waals surface area contributed by atoms with Gasteiger partial charge < -0.3 is 14.5 Å². The fourth-order valence-electron chi connectivity index (χ4n) is 2.67. The molecule has 1 aromatic carbocycles. The minimum absolute atomic E-state index is 0.300. The molecule has 140 valence electrons. The third kappa shape index (κ3) is 4.62. The Kier molecular flexibility index (Phi) is 5.71. The van der Waals surface area contributed by atoms with Gasteiger partial charge >= 0.3 is 5.97 Å². The second kappa shape index (κ2) is 8.18. The molecule has 0 aliphatic rings. The van der Waals surface area contributed by atoms with Crippen LogP contribution in [0.3, 0.4) is 0 Å². The van der Waals surface area contributed by atoms with Crippen LogP contribution in [0.2, 0.25) is 0 Å². The van der Waals surface area contributed by atoms with Crippen LogP contribution in [-0.2, 0) is 9.53 Å². The van der Waals surface area contributed by atoms with Crippen molar-refractivity contribution in [3.63, 3.8) is 0 Å². The average molecular weight is 387 g/mol. The molecule has 0 spiro atoms. The van der Waals surface area contributed by atoms with E-state index in [0.717, 1.165) is 10.4 Å². The Hall–Kier alpha value is -2.93. The van der Waals surface area contributed by atoms with Crippen molar-refractivity contribution in [1.82, 2.24) is 5.32 Å². The standard InChI is InChI=1S/C20H18FNO4S/c1-12-10-16(13(2)26-12)20(24)25-11-18(23)22-19(17-4-3-9-27-17)14-5-7-15(21)8-6-14/h3-10,19H,11H2,1-2H3,(H,22,23)/t19-/m0/s1. The molecular formula is C20H18FNO4S. The predicted octanol–water partition coefficient (Wildman–Crippen LogP) is 4.16. The van der Waals surface area contributed by atoms with Crippen molar-refractivity contribution < 1.29 is 23.1 Å². The summed E-state index contributed by atoms with van der Waals surface area (Å²) in [5.41, 5.74) is 1.04. The number of carbonyl (C=O) groups excluding carboxylic acids is 2. The highest BCUT2D eigenvalue weighted by atomic mass is 32.1. The summed E-state index contributed by atoms with van der Waals surface area (Å²) in [5, 5.41) is 4.72. The van der Waals surface area contributed by atoms with Crippen LogP contribution in [0.25, 0.3) is 0 Å². The summed E-state index contributed by atoms with van der Waals surface area (Å²) in [6.45, 7) is 2.96. The number of nitrogens with one attached hydrogen (secondary N) is 1. The predicted molar refractivity (Wildman–Crippen MR) is 99.2 cm³/mol. The lowest BCUT2D eigenvalue weighted by Gasteiger charge is -2.18. The van der Waals surface area contributed by atoms with Crippen molar-refractivity contribution >= 4 is 23.2 Å². The first-order chi connectivity index (χ1) is 12.9. The Balaban J connectivity index is 1.67. The van der Waals surface area contributed by atoms with Gasteiger partial charge in [0.25, 0.3) is 5.91 Å². The number of halogens is 1. The third-order valence-electron chi connectivity index (χ3n) is 3.93. The number of rotatable bonds is 6. The molecule has 0 radical (unpaired) electrons. The summed E-state index contributed by atoms with van der Waals surface area (Å²) in [5.74, 6) is -0.383. The number of hydrogen-bond donors (Lipinski definition) is 1. The van der Waals surface area contributed by atoms with Crippen LogP contribution in [0.15, 0.2) is 52.3 Å². The molecule has 0 bridgehead atoms. The van der Waals surface area contributed by atoms with Crippen LogP contribution < -0.4 is 5.32 Å². The largest absolute Gasteiger partial charge is 0.466 e. The molecule has 1 atom stereocenters. The van der Waals surface area contributed by atoms with Crippen molar-refractivity contribution in [2.75, 3.05) is 6.61 Å². The van der Waals surface area contributed by atoms with Gasteiger partial charge in [-0.05, 0) is 49.1 Å². The van der Waals surface area contributed by atoms with Crippen LogP contribution in [0.1, 0.15) is 38.4 Å². The Morgan fingerprint density at radius 3 is 2.56 bits per heavy atom. The Morgan fingerprint density at radius 2 is 1.96 bits per heavy atom. The monoisotopic (exact) mass is 387 g/mol. The lowest BCUT2D eigenvalue weighted by molar-refractivity contribution is -0.124. The van der Waals surface area contributed by atoms with E-state index in [1.165, 1.54) is 23.5 Å². The quantitative estimate of drug-likeness (QED) is 0.645. The number of thiophene rings is 1. The first-order valence-electron chi connectivity index (χ1n) is 8.26. The molecule has 0 aliphatic heterocycles. The number of amides is 1. The highest BCUT2D eigenvalue weighted by Gasteiger charge is 2.20. The molecule has 2 heterocycles. The van der Waals surface area contributed by atoms with Crippen LogP contribution in [-0.4, -0.2) is 18.5 Å². The van der Waals surface area contributed by atoms with Crippen LogP contribution in [0, 0.1) is 19.7 Å². The van der Waals surface area contributed by atoms with E-state index in [9.17, 15) is 14.0 Å². The van der Waals surface area contributed by atoms with Crippen LogP contribution in [0.4, 0.5) is 4.39 Å². The fraction of sp³-hybridized carbons (Fsp3) is 0.200. The topological polar surface area (TPSA) is 68.5 Å². The van der Waals surface area contributed by atoms with Gasteiger partial charge in [-0.3, -0.25) is 4.79 Å². The number of hydrogen-bond acceptors (Lipinski definition) is 5. The van der Waals surface area contributed by atoms with Crippen molar-refractivity contribution in [2.24, 2.45) is 0 Å². The number of furan rings is 1. The Labute approximate surface area is 159 Å². The minimum Gasteiger partial charge on any atom is -0.466 e. The number of ether oxygens (including phenoxy) is 1. The molecule has 3 rings (SSSR count). The number of benzene rings is 1. The maximum absolute atomic E-state index is 13.2. The third-order valence-corrected chi connectivity index (χ3v) is 4.87. The first-order valence-corrected chi connectivity index (χ1v) is 9.14. The molecule has 1 amide bonds. The summed E-state index contributed by atoms with van der Waals surface area (Å²) in [7, 11) is 0. The van der Waals surface area contributed by atoms with Gasteiger partial charge in [0.1, 0.15) is 22.9 Å². The maximum atomic E-state index is 13.2. The minimum atomic E-state index is -0.617. The van der Waals surface area contributed by atoms with Gasteiger partial charge in [0, 0.05) is 4.88 Å². The van der Waals surface area contributed by atoms with Gasteiger partial charge in [0.15, 0.2) is 6.61 Å². The molecule has 0 aliphatic carbocycles. The van der Waals surface area contributed by atoms with E-state index in [0.29, 0.717) is 17.1 Å². The zero-order chi connectivity index (χ0) is 19.4. The molecule has 0 unspecified atom stereocenters.